The van der Waals surface area contributed by atoms with Crippen molar-refractivity contribution in [2.24, 2.45) is 0 Å². The molecule has 0 aromatic heterocycles. The molecular weight excluding hydrogens is 522 g/mol. The highest BCUT2D eigenvalue weighted by atomic mass is 16.6. The van der Waals surface area contributed by atoms with E-state index in [2.05, 4.69) is 55.6 Å². The van der Waals surface area contributed by atoms with Gasteiger partial charge in [0, 0.05) is 6.42 Å². The minimum absolute atomic E-state index is 0.129. The van der Waals surface area contributed by atoms with E-state index in [1.54, 1.807) is 6.08 Å². The number of rotatable bonds is 29. The first kappa shape index (κ1) is 38.3. The number of carbonyl (C=O) groups is 1. The quantitative estimate of drug-likeness (QED) is 0.0463. The van der Waals surface area contributed by atoms with Gasteiger partial charge in [-0.2, -0.15) is 0 Å². The minimum Gasteiger partial charge on any atom is -0.394 e. The van der Waals surface area contributed by atoms with Crippen LogP contribution in [0.2, 0.25) is 0 Å². The van der Waals surface area contributed by atoms with E-state index in [-0.39, 0.29) is 24.7 Å². The normalized spacial score (nSPS) is 18.6. The monoisotopic (exact) mass is 587 g/mol. The van der Waals surface area contributed by atoms with E-state index in [9.17, 15) is 15.0 Å². The van der Waals surface area contributed by atoms with Gasteiger partial charge in [0.05, 0.1) is 31.0 Å². The van der Waals surface area contributed by atoms with E-state index in [1.165, 1.54) is 83.5 Å². The van der Waals surface area contributed by atoms with E-state index in [4.69, 9.17) is 4.74 Å². The van der Waals surface area contributed by atoms with Crippen LogP contribution in [0.4, 0.5) is 0 Å². The lowest BCUT2D eigenvalue weighted by atomic mass is 10.1. The zero-order valence-corrected chi connectivity index (χ0v) is 27.2. The Hall–Kier alpha value is -1.69. The van der Waals surface area contributed by atoms with Gasteiger partial charge in [-0.05, 0) is 57.8 Å². The van der Waals surface area contributed by atoms with Crippen LogP contribution in [0, 0.1) is 0 Å². The molecule has 1 aliphatic heterocycles. The van der Waals surface area contributed by atoms with Crippen molar-refractivity contribution in [3.63, 3.8) is 0 Å². The largest absolute Gasteiger partial charge is 0.394 e. The van der Waals surface area contributed by atoms with Crippen LogP contribution in [0.3, 0.4) is 0 Å². The predicted octanol–water partition coefficient (Wildman–Crippen LogP) is 9.05. The molecule has 0 aromatic rings. The van der Waals surface area contributed by atoms with Gasteiger partial charge in [-0.25, -0.2) is 0 Å². The molecule has 5 nitrogen and oxygen atoms in total. The van der Waals surface area contributed by atoms with Crippen molar-refractivity contribution >= 4 is 5.91 Å². The molecule has 0 aliphatic carbocycles. The van der Waals surface area contributed by atoms with Crippen molar-refractivity contribution in [3.8, 4) is 0 Å². The maximum absolute atomic E-state index is 12.4. The zero-order chi connectivity index (χ0) is 30.5. The molecule has 1 saturated heterocycles. The number of ether oxygens (including phenoxy) is 1. The second-order valence-electron chi connectivity index (χ2n) is 12.0. The molecule has 1 rings (SSSR count). The van der Waals surface area contributed by atoms with Crippen molar-refractivity contribution in [2.45, 2.75) is 173 Å². The fourth-order valence-electron chi connectivity index (χ4n) is 5.14. The number of epoxide rings is 1. The third kappa shape index (κ3) is 22.9. The SMILES string of the molecule is CCCCC/C=C\C/C=C\C/C=C\CC1OC1CCCC(=O)N[C@@H](CO)[C@H](O)/C=C/CCCCCCCCCCCC. The molecule has 0 saturated carbocycles. The van der Waals surface area contributed by atoms with Crippen molar-refractivity contribution < 1.29 is 19.7 Å². The number of hydrogen-bond donors (Lipinski definition) is 3. The molecule has 0 aromatic carbocycles. The highest BCUT2D eigenvalue weighted by Crippen LogP contribution is 2.30. The predicted molar refractivity (Wildman–Crippen MR) is 179 cm³/mol. The Balaban J connectivity index is 2.03. The standard InChI is InChI=1S/C37H65NO4/c1-3-5-7-9-11-13-15-17-19-21-23-25-28-34(40)33(32-39)38-37(41)31-27-30-36-35(42-36)29-26-24-22-20-18-16-14-12-10-8-6-4-2/h12,14,18,20,24-26,28,33-36,39-40H,3-11,13,15-17,19,21-23,27,29-32H2,1-2H3,(H,38,41)/b14-12-,20-18-,26-24-,28-25+/t33-,34+,35?,36?/m0/s1. The highest BCUT2D eigenvalue weighted by molar-refractivity contribution is 5.76. The molecule has 1 heterocycles. The Morgan fingerprint density at radius 3 is 1.93 bits per heavy atom. The minimum atomic E-state index is -0.869. The van der Waals surface area contributed by atoms with E-state index in [0.717, 1.165) is 44.9 Å². The Kier molecular flexibility index (Phi) is 25.6. The van der Waals surface area contributed by atoms with Gasteiger partial charge in [-0.3, -0.25) is 4.79 Å². The summed E-state index contributed by atoms with van der Waals surface area (Å²) in [4.78, 5) is 12.4. The summed E-state index contributed by atoms with van der Waals surface area (Å²) in [6.07, 6.45) is 40.6. The Morgan fingerprint density at radius 1 is 0.714 bits per heavy atom. The van der Waals surface area contributed by atoms with E-state index < -0.39 is 12.1 Å². The molecular formula is C37H65NO4. The number of carbonyl (C=O) groups excluding carboxylic acids is 1. The molecule has 3 N–H and O–H groups in total. The van der Waals surface area contributed by atoms with Crippen molar-refractivity contribution in [2.75, 3.05) is 6.61 Å². The van der Waals surface area contributed by atoms with Crippen molar-refractivity contribution in [1.82, 2.24) is 5.32 Å². The van der Waals surface area contributed by atoms with Crippen LogP contribution in [-0.4, -0.2) is 47.1 Å². The molecule has 0 bridgehead atoms. The maximum Gasteiger partial charge on any atom is 0.220 e. The Labute approximate surface area is 259 Å². The number of allylic oxidation sites excluding steroid dienone is 6. The Morgan fingerprint density at radius 2 is 1.26 bits per heavy atom. The summed E-state index contributed by atoms with van der Waals surface area (Å²) in [6.45, 7) is 4.21. The van der Waals surface area contributed by atoms with Crippen LogP contribution in [0.15, 0.2) is 48.6 Å². The third-order valence-electron chi connectivity index (χ3n) is 7.98. The van der Waals surface area contributed by atoms with Crippen molar-refractivity contribution in [1.29, 1.82) is 0 Å². The number of aliphatic hydroxyl groups is 2. The summed E-state index contributed by atoms with van der Waals surface area (Å²) in [6, 6.07) is -0.660. The topological polar surface area (TPSA) is 82.1 Å². The number of unbranched alkanes of at least 4 members (excludes halogenated alkanes) is 13. The molecule has 0 spiro atoms. The third-order valence-corrected chi connectivity index (χ3v) is 7.98. The molecule has 1 fully saturated rings. The number of nitrogens with one attached hydrogen (secondary N) is 1. The molecule has 5 heteroatoms. The average Bonchev–Trinajstić information content (AvgIpc) is 3.74. The van der Waals surface area contributed by atoms with Crippen LogP contribution in [0.5, 0.6) is 0 Å². The number of amides is 1. The number of aliphatic hydroxyl groups excluding tert-OH is 2. The van der Waals surface area contributed by atoms with Gasteiger partial charge in [0.25, 0.3) is 0 Å². The first-order chi connectivity index (χ1) is 20.6. The summed E-state index contributed by atoms with van der Waals surface area (Å²) in [5, 5.41) is 22.8. The lowest BCUT2D eigenvalue weighted by molar-refractivity contribution is -0.123. The van der Waals surface area contributed by atoms with Crippen LogP contribution in [0.1, 0.15) is 149 Å². The van der Waals surface area contributed by atoms with Gasteiger partial charge >= 0.3 is 0 Å². The van der Waals surface area contributed by atoms with Crippen LogP contribution in [0.25, 0.3) is 0 Å². The molecule has 242 valence electrons. The molecule has 1 amide bonds. The summed E-state index contributed by atoms with van der Waals surface area (Å²) in [5.74, 6) is -0.129. The lowest BCUT2D eigenvalue weighted by Gasteiger charge is -2.19. The highest BCUT2D eigenvalue weighted by Gasteiger charge is 2.36. The van der Waals surface area contributed by atoms with Gasteiger partial charge in [-0.1, -0.05) is 133 Å². The van der Waals surface area contributed by atoms with E-state index >= 15 is 0 Å². The molecule has 42 heavy (non-hydrogen) atoms. The van der Waals surface area contributed by atoms with Gasteiger partial charge in [0.1, 0.15) is 0 Å². The first-order valence-electron chi connectivity index (χ1n) is 17.5. The first-order valence-corrected chi connectivity index (χ1v) is 17.5. The zero-order valence-electron chi connectivity index (χ0n) is 27.2. The molecule has 2 unspecified atom stereocenters. The Bertz CT molecular complexity index is 744. The average molecular weight is 588 g/mol. The van der Waals surface area contributed by atoms with Gasteiger partial charge in [0.2, 0.25) is 5.91 Å². The summed E-state index contributed by atoms with van der Waals surface area (Å²) >= 11 is 0. The van der Waals surface area contributed by atoms with Crippen LogP contribution < -0.4 is 5.32 Å². The van der Waals surface area contributed by atoms with Crippen LogP contribution in [-0.2, 0) is 9.53 Å². The molecule has 4 atom stereocenters. The lowest BCUT2D eigenvalue weighted by Crippen LogP contribution is -2.45. The van der Waals surface area contributed by atoms with E-state index in [0.29, 0.717) is 6.42 Å². The van der Waals surface area contributed by atoms with Crippen LogP contribution >= 0.6 is 0 Å². The smallest absolute Gasteiger partial charge is 0.220 e. The summed E-state index contributed by atoms with van der Waals surface area (Å²) in [7, 11) is 0. The second-order valence-corrected chi connectivity index (χ2v) is 12.0. The fourth-order valence-corrected chi connectivity index (χ4v) is 5.14. The molecule has 0 radical (unpaired) electrons. The van der Waals surface area contributed by atoms with Gasteiger partial charge < -0.3 is 20.3 Å². The van der Waals surface area contributed by atoms with Gasteiger partial charge in [-0.15, -0.1) is 0 Å². The van der Waals surface area contributed by atoms with E-state index in [1.807, 2.05) is 6.08 Å². The summed E-state index contributed by atoms with van der Waals surface area (Å²) in [5.41, 5.74) is 0. The fraction of sp³-hybridized carbons (Fsp3) is 0.757. The number of hydrogen-bond acceptors (Lipinski definition) is 4. The summed E-state index contributed by atoms with van der Waals surface area (Å²) < 4.78 is 5.75. The van der Waals surface area contributed by atoms with Gasteiger partial charge in [0.15, 0.2) is 0 Å². The second kappa shape index (κ2) is 28.1. The van der Waals surface area contributed by atoms with Crippen molar-refractivity contribution in [3.05, 3.63) is 48.6 Å². The molecule has 1 aliphatic rings. The maximum atomic E-state index is 12.4.